The van der Waals surface area contributed by atoms with Gasteiger partial charge in [-0.15, -0.1) is 11.3 Å². The Labute approximate surface area is 126 Å². The first-order chi connectivity index (χ1) is 10.0. The first-order valence-electron chi connectivity index (χ1n) is 6.95. The van der Waals surface area contributed by atoms with Crippen molar-refractivity contribution in [1.29, 1.82) is 0 Å². The monoisotopic (exact) mass is 313 g/mol. The van der Waals surface area contributed by atoms with Gasteiger partial charge in [0.1, 0.15) is 0 Å². The average molecular weight is 313 g/mol. The second-order valence-electron chi connectivity index (χ2n) is 4.92. The fourth-order valence-electron chi connectivity index (χ4n) is 2.04. The molecule has 2 aromatic rings. The molecule has 0 radical (unpaired) electrons. The minimum Gasteiger partial charge on any atom is -0.312 e. The average Bonchev–Trinajstić information content (AvgIpc) is 2.91. The van der Waals surface area contributed by atoms with Gasteiger partial charge in [-0.1, -0.05) is 30.3 Å². The number of thiophene rings is 1. The quantitative estimate of drug-likeness (QED) is 0.690. The van der Waals surface area contributed by atoms with Gasteiger partial charge in [0.15, 0.2) is 0 Å². The third-order valence-corrected chi connectivity index (χ3v) is 4.06. The van der Waals surface area contributed by atoms with Crippen molar-refractivity contribution in [3.05, 3.63) is 46.7 Å². The summed E-state index contributed by atoms with van der Waals surface area (Å²) in [4.78, 5) is 1.20. The van der Waals surface area contributed by atoms with Crippen molar-refractivity contribution >= 4 is 11.3 Å². The van der Waals surface area contributed by atoms with Crippen molar-refractivity contribution in [2.75, 3.05) is 6.54 Å². The summed E-state index contributed by atoms with van der Waals surface area (Å²) >= 11 is 1.67. The van der Waals surface area contributed by atoms with Crippen LogP contribution >= 0.6 is 11.3 Å². The first kappa shape index (κ1) is 16.0. The molecule has 1 aromatic carbocycles. The predicted octanol–water partition coefficient (Wildman–Crippen LogP) is 5.24. The van der Waals surface area contributed by atoms with Gasteiger partial charge in [0.2, 0.25) is 0 Å². The van der Waals surface area contributed by atoms with Crippen molar-refractivity contribution < 1.29 is 13.2 Å². The highest BCUT2D eigenvalue weighted by molar-refractivity contribution is 7.10. The number of hydrogen-bond donors (Lipinski definition) is 1. The predicted molar refractivity (Wildman–Crippen MR) is 81.4 cm³/mol. The Morgan fingerprint density at radius 1 is 1.00 bits per heavy atom. The molecule has 1 N–H and O–H groups in total. The zero-order valence-electron chi connectivity index (χ0n) is 11.6. The number of alkyl halides is 3. The Morgan fingerprint density at radius 3 is 2.48 bits per heavy atom. The molecule has 0 fully saturated rings. The summed E-state index contributed by atoms with van der Waals surface area (Å²) in [6.07, 6.45) is -3.98. The molecule has 1 aromatic heterocycles. The second-order valence-corrected chi connectivity index (χ2v) is 5.91. The molecule has 0 bridgehead atoms. The molecule has 0 atom stereocenters. The molecule has 0 aliphatic heterocycles. The van der Waals surface area contributed by atoms with Crippen molar-refractivity contribution in [3.63, 3.8) is 0 Å². The van der Waals surface area contributed by atoms with E-state index < -0.39 is 12.6 Å². The lowest BCUT2D eigenvalue weighted by atomic mass is 10.1. The maximum atomic E-state index is 12.0. The maximum absolute atomic E-state index is 12.0. The highest BCUT2D eigenvalue weighted by atomic mass is 32.1. The fraction of sp³-hybridized carbons (Fsp3) is 0.375. The van der Waals surface area contributed by atoms with Gasteiger partial charge in [-0.3, -0.25) is 0 Å². The molecule has 0 aliphatic carbocycles. The van der Waals surface area contributed by atoms with Crippen LogP contribution in [0.5, 0.6) is 0 Å². The molecular formula is C16H18F3NS. The van der Waals surface area contributed by atoms with E-state index in [4.69, 9.17) is 0 Å². The molecule has 2 rings (SSSR count). The van der Waals surface area contributed by atoms with E-state index in [0.717, 1.165) is 0 Å². The number of hydrogen-bond acceptors (Lipinski definition) is 2. The molecule has 1 nitrogen and oxygen atoms in total. The van der Waals surface area contributed by atoms with Crippen LogP contribution in [0.25, 0.3) is 11.1 Å². The van der Waals surface area contributed by atoms with Crippen molar-refractivity contribution in [2.45, 2.75) is 32.0 Å². The topological polar surface area (TPSA) is 12.0 Å². The molecular weight excluding hydrogens is 295 g/mol. The van der Waals surface area contributed by atoms with Crippen molar-refractivity contribution in [3.8, 4) is 11.1 Å². The van der Waals surface area contributed by atoms with E-state index in [0.29, 0.717) is 19.5 Å². The minimum absolute atomic E-state index is 0.191. The molecule has 0 unspecified atom stereocenters. The van der Waals surface area contributed by atoms with Crippen LogP contribution in [0.1, 0.15) is 24.1 Å². The zero-order chi connectivity index (χ0) is 15.1. The molecule has 0 aliphatic rings. The van der Waals surface area contributed by atoms with Gasteiger partial charge in [-0.05, 0) is 42.0 Å². The number of halogens is 3. The zero-order valence-corrected chi connectivity index (χ0v) is 12.4. The molecule has 0 saturated heterocycles. The van der Waals surface area contributed by atoms with Crippen LogP contribution < -0.4 is 5.32 Å². The number of nitrogens with one attached hydrogen (secondary N) is 1. The van der Waals surface area contributed by atoms with Gasteiger partial charge >= 0.3 is 6.18 Å². The van der Waals surface area contributed by atoms with Crippen LogP contribution in [0.3, 0.4) is 0 Å². The van der Waals surface area contributed by atoms with Crippen molar-refractivity contribution in [2.24, 2.45) is 0 Å². The normalized spacial score (nSPS) is 11.8. The summed E-state index contributed by atoms with van der Waals surface area (Å²) in [5.41, 5.74) is 2.37. The summed E-state index contributed by atoms with van der Waals surface area (Å²) in [5, 5.41) is 5.30. The van der Waals surface area contributed by atoms with Gasteiger partial charge in [0.25, 0.3) is 0 Å². The summed E-state index contributed by atoms with van der Waals surface area (Å²) in [6.45, 7) is 1.33. The molecule has 0 saturated carbocycles. The van der Waals surface area contributed by atoms with E-state index in [-0.39, 0.29) is 6.42 Å². The van der Waals surface area contributed by atoms with Crippen molar-refractivity contribution in [1.82, 2.24) is 5.32 Å². The highest BCUT2D eigenvalue weighted by Gasteiger charge is 2.25. The molecule has 0 spiro atoms. The summed E-state index contributed by atoms with van der Waals surface area (Å²) in [6, 6.07) is 12.3. The lowest BCUT2D eigenvalue weighted by molar-refractivity contribution is -0.135. The van der Waals surface area contributed by atoms with E-state index in [2.05, 4.69) is 28.9 Å². The SMILES string of the molecule is FC(F)(F)CCCCNCc1cc(-c2ccccc2)cs1. The van der Waals surface area contributed by atoms with E-state index >= 15 is 0 Å². The Bertz CT molecular complexity index is 534. The van der Waals surface area contributed by atoms with Gasteiger partial charge in [-0.2, -0.15) is 13.2 Å². The molecule has 1 heterocycles. The Kier molecular flexibility index (Phi) is 5.82. The summed E-state index contributed by atoms with van der Waals surface area (Å²) in [5.74, 6) is 0. The van der Waals surface area contributed by atoms with Crippen LogP contribution in [0.4, 0.5) is 13.2 Å². The number of unbranched alkanes of at least 4 members (excludes halogenated alkanes) is 1. The summed E-state index contributed by atoms with van der Waals surface area (Å²) < 4.78 is 35.9. The van der Waals surface area contributed by atoms with Crippen LogP contribution in [0.2, 0.25) is 0 Å². The maximum Gasteiger partial charge on any atom is 0.389 e. The van der Waals surface area contributed by atoms with Gasteiger partial charge < -0.3 is 5.32 Å². The molecule has 0 amide bonds. The van der Waals surface area contributed by atoms with Crippen LogP contribution in [0, 0.1) is 0 Å². The van der Waals surface area contributed by atoms with Crippen LogP contribution in [0.15, 0.2) is 41.8 Å². The number of rotatable bonds is 7. The van der Waals surface area contributed by atoms with Gasteiger partial charge in [-0.25, -0.2) is 0 Å². The van der Waals surface area contributed by atoms with E-state index in [1.54, 1.807) is 11.3 Å². The largest absolute Gasteiger partial charge is 0.389 e. The fourth-order valence-corrected chi connectivity index (χ4v) is 2.91. The minimum atomic E-state index is -4.03. The first-order valence-corrected chi connectivity index (χ1v) is 7.83. The molecule has 5 heteroatoms. The molecule has 21 heavy (non-hydrogen) atoms. The van der Waals surface area contributed by atoms with Gasteiger partial charge in [0, 0.05) is 17.8 Å². The molecule has 114 valence electrons. The smallest absolute Gasteiger partial charge is 0.312 e. The van der Waals surface area contributed by atoms with Gasteiger partial charge in [0.05, 0.1) is 0 Å². The van der Waals surface area contributed by atoms with Crippen LogP contribution in [-0.2, 0) is 6.54 Å². The van der Waals surface area contributed by atoms with E-state index in [1.165, 1.54) is 16.0 Å². The Hall–Kier alpha value is -1.33. The van der Waals surface area contributed by atoms with Crippen LogP contribution in [-0.4, -0.2) is 12.7 Å². The number of benzene rings is 1. The lowest BCUT2D eigenvalue weighted by Crippen LogP contribution is -2.15. The third-order valence-electron chi connectivity index (χ3n) is 3.12. The Balaban J connectivity index is 1.69. The third kappa shape index (κ3) is 5.89. The standard InChI is InChI=1S/C16H18F3NS/c17-16(18,19)8-4-5-9-20-11-15-10-14(12-21-15)13-6-2-1-3-7-13/h1-3,6-7,10,12,20H,4-5,8-9,11H2. The Morgan fingerprint density at radius 2 is 1.76 bits per heavy atom. The highest BCUT2D eigenvalue weighted by Crippen LogP contribution is 2.25. The van der Waals surface area contributed by atoms with E-state index in [1.807, 2.05) is 18.2 Å². The lowest BCUT2D eigenvalue weighted by Gasteiger charge is -2.06. The second kappa shape index (κ2) is 7.61. The van der Waals surface area contributed by atoms with E-state index in [9.17, 15) is 13.2 Å². The summed E-state index contributed by atoms with van der Waals surface area (Å²) in [7, 11) is 0.